The Morgan fingerprint density at radius 3 is 2.19 bits per heavy atom. The summed E-state index contributed by atoms with van der Waals surface area (Å²) < 4.78 is 1.40. The molecule has 3 aromatic rings. The van der Waals surface area contributed by atoms with Crippen molar-refractivity contribution in [3.8, 4) is 0 Å². The summed E-state index contributed by atoms with van der Waals surface area (Å²) in [5, 5.41) is 15.5. The smallest absolute Gasteiger partial charge is 0.307 e. The molecule has 170 valence electrons. The zero-order valence-electron chi connectivity index (χ0n) is 17.9. The Hall–Kier alpha value is -3.26. The number of benzene rings is 2. The molecular formula is C24H27ClN2O5. The first-order chi connectivity index (χ1) is 14.8. The van der Waals surface area contributed by atoms with Crippen LogP contribution in [-0.2, 0) is 18.3 Å². The van der Waals surface area contributed by atoms with Gasteiger partial charge in [0, 0.05) is 37.2 Å². The van der Waals surface area contributed by atoms with Crippen LogP contribution in [0.25, 0.3) is 0 Å². The number of hydrogen-bond acceptors (Lipinski definition) is 5. The van der Waals surface area contributed by atoms with Crippen LogP contribution in [0.5, 0.6) is 0 Å². The number of nitrogens with two attached hydrogens (primary N) is 1. The van der Waals surface area contributed by atoms with Crippen LogP contribution in [0.1, 0.15) is 45.0 Å². The fraction of sp³-hybridized carbons (Fsp3) is 0.208. The third-order valence-corrected chi connectivity index (χ3v) is 5.10. The van der Waals surface area contributed by atoms with Gasteiger partial charge in [0.05, 0.1) is 6.42 Å². The molecule has 32 heavy (non-hydrogen) atoms. The van der Waals surface area contributed by atoms with Gasteiger partial charge in [0.25, 0.3) is 0 Å². The Balaban J connectivity index is 0.00000166. The Bertz CT molecular complexity index is 1110. The molecule has 0 fully saturated rings. The van der Waals surface area contributed by atoms with Crippen molar-refractivity contribution in [3.63, 3.8) is 0 Å². The van der Waals surface area contributed by atoms with Gasteiger partial charge in [0.2, 0.25) is 5.56 Å². The molecule has 0 saturated heterocycles. The van der Waals surface area contributed by atoms with Gasteiger partial charge in [-0.1, -0.05) is 48.5 Å². The van der Waals surface area contributed by atoms with Crippen molar-refractivity contribution in [2.24, 2.45) is 12.9 Å². The summed E-state index contributed by atoms with van der Waals surface area (Å²) in [7, 11) is 1.62. The van der Waals surface area contributed by atoms with E-state index in [2.05, 4.69) is 5.90 Å². The number of carbonyl (C=O) groups excluding carboxylic acids is 1. The van der Waals surface area contributed by atoms with Crippen LogP contribution in [0.2, 0.25) is 0 Å². The lowest BCUT2D eigenvalue weighted by molar-refractivity contribution is -0.136. The number of aliphatic carboxylic acids is 1. The van der Waals surface area contributed by atoms with E-state index in [0.29, 0.717) is 11.1 Å². The molecular weight excluding hydrogens is 432 g/mol. The van der Waals surface area contributed by atoms with Crippen LogP contribution in [0.15, 0.2) is 71.7 Å². The number of ketones is 1. The Morgan fingerprint density at radius 2 is 1.62 bits per heavy atom. The van der Waals surface area contributed by atoms with E-state index in [-0.39, 0.29) is 42.5 Å². The van der Waals surface area contributed by atoms with E-state index in [1.54, 1.807) is 31.4 Å². The fourth-order valence-electron chi connectivity index (χ4n) is 3.49. The predicted octanol–water partition coefficient (Wildman–Crippen LogP) is 3.48. The van der Waals surface area contributed by atoms with Gasteiger partial charge in [0.1, 0.15) is 0 Å². The molecule has 0 aliphatic carbocycles. The van der Waals surface area contributed by atoms with Gasteiger partial charge in [-0.15, -0.1) is 12.4 Å². The third-order valence-electron chi connectivity index (χ3n) is 5.10. The van der Waals surface area contributed by atoms with Crippen LogP contribution in [0.3, 0.4) is 0 Å². The average Bonchev–Trinajstić information content (AvgIpc) is 2.76. The lowest BCUT2D eigenvalue weighted by Gasteiger charge is -2.20. The van der Waals surface area contributed by atoms with Gasteiger partial charge >= 0.3 is 5.97 Å². The summed E-state index contributed by atoms with van der Waals surface area (Å²) in [6.07, 6.45) is 1.78. The topological polar surface area (TPSA) is 123 Å². The summed E-state index contributed by atoms with van der Waals surface area (Å²) in [4.78, 5) is 35.6. The second-order valence-electron chi connectivity index (χ2n) is 7.22. The minimum atomic E-state index is -0.877. The van der Waals surface area contributed by atoms with Crippen molar-refractivity contribution in [1.82, 2.24) is 4.57 Å². The summed E-state index contributed by atoms with van der Waals surface area (Å²) in [5.74, 6) is 2.40. The third kappa shape index (κ3) is 6.88. The highest BCUT2D eigenvalue weighted by atomic mass is 35.5. The van der Waals surface area contributed by atoms with E-state index in [1.165, 1.54) is 10.6 Å². The SMILES string of the molecule is Cc1ccccc1[C@H](CC(=O)c1ccc(=O)n(C)c1)c1ccc(CC(=O)O)cc1.Cl.NO. The highest BCUT2D eigenvalue weighted by Gasteiger charge is 2.21. The molecule has 0 saturated carbocycles. The number of Topliss-reactive ketones (excluding diaryl/α,β-unsaturated/α-hetero) is 1. The van der Waals surface area contributed by atoms with Crippen molar-refractivity contribution in [3.05, 3.63) is 105 Å². The maximum absolute atomic E-state index is 13.0. The minimum Gasteiger partial charge on any atom is -0.481 e. The number of carboxylic acid groups (broad SMARTS) is 1. The molecule has 1 heterocycles. The molecule has 0 spiro atoms. The quantitative estimate of drug-likeness (QED) is 0.368. The molecule has 0 radical (unpaired) electrons. The summed E-state index contributed by atoms with van der Waals surface area (Å²) in [5.41, 5.74) is 4.14. The lowest BCUT2D eigenvalue weighted by atomic mass is 9.83. The predicted molar refractivity (Wildman–Crippen MR) is 125 cm³/mol. The Kier molecular flexibility index (Phi) is 10.5. The van der Waals surface area contributed by atoms with E-state index >= 15 is 0 Å². The van der Waals surface area contributed by atoms with Crippen LogP contribution < -0.4 is 11.5 Å². The molecule has 8 heteroatoms. The number of rotatable bonds is 7. The van der Waals surface area contributed by atoms with E-state index in [4.69, 9.17) is 10.3 Å². The monoisotopic (exact) mass is 458 g/mol. The summed E-state index contributed by atoms with van der Waals surface area (Å²) in [6.45, 7) is 2.01. The van der Waals surface area contributed by atoms with Gasteiger partial charge in [-0.2, -0.15) is 0 Å². The average molecular weight is 459 g/mol. The van der Waals surface area contributed by atoms with Gasteiger partial charge in [-0.25, -0.2) is 5.90 Å². The van der Waals surface area contributed by atoms with Crippen LogP contribution in [0, 0.1) is 6.92 Å². The largest absolute Gasteiger partial charge is 0.481 e. The number of nitrogens with zero attached hydrogens (tertiary/aromatic N) is 1. The van der Waals surface area contributed by atoms with Crippen molar-refractivity contribution < 1.29 is 19.9 Å². The molecule has 0 amide bonds. The molecule has 4 N–H and O–H groups in total. The Labute approximate surface area is 192 Å². The number of pyridine rings is 1. The van der Waals surface area contributed by atoms with Crippen LogP contribution >= 0.6 is 12.4 Å². The molecule has 3 rings (SSSR count). The van der Waals surface area contributed by atoms with Crippen molar-refractivity contribution in [1.29, 1.82) is 0 Å². The first kappa shape index (κ1) is 26.8. The fourth-order valence-corrected chi connectivity index (χ4v) is 3.49. The number of aryl methyl sites for hydroxylation is 2. The van der Waals surface area contributed by atoms with E-state index < -0.39 is 5.97 Å². The number of carboxylic acids is 1. The first-order valence-electron chi connectivity index (χ1n) is 9.67. The van der Waals surface area contributed by atoms with Gasteiger partial charge in [0.15, 0.2) is 5.78 Å². The zero-order valence-corrected chi connectivity index (χ0v) is 18.7. The lowest BCUT2D eigenvalue weighted by Crippen LogP contribution is -2.17. The number of hydrogen-bond donors (Lipinski definition) is 3. The van der Waals surface area contributed by atoms with Gasteiger partial charge in [-0.05, 0) is 35.2 Å². The second-order valence-corrected chi connectivity index (χ2v) is 7.22. The maximum atomic E-state index is 13.0. The highest BCUT2D eigenvalue weighted by molar-refractivity contribution is 5.96. The molecule has 0 unspecified atom stereocenters. The van der Waals surface area contributed by atoms with E-state index in [9.17, 15) is 14.4 Å². The standard InChI is InChI=1S/C24H23NO4.ClH.H3NO/c1-16-5-3-4-6-20(16)21(18-9-7-17(8-10-18)13-24(28)29)14-22(26)19-11-12-23(27)25(2)15-19;;1-2/h3-12,15,21H,13-14H2,1-2H3,(H,28,29);1H;2H,1H2/t21-;;/m1../s1. The Morgan fingerprint density at radius 1 is 1.00 bits per heavy atom. The van der Waals surface area contributed by atoms with Crippen LogP contribution in [-0.4, -0.2) is 26.6 Å². The van der Waals surface area contributed by atoms with Crippen molar-refractivity contribution >= 4 is 24.2 Å². The normalized spacial score (nSPS) is 10.9. The van der Waals surface area contributed by atoms with E-state index in [0.717, 1.165) is 16.7 Å². The molecule has 1 atom stereocenters. The zero-order chi connectivity index (χ0) is 23.0. The molecule has 2 aromatic carbocycles. The van der Waals surface area contributed by atoms with Crippen LogP contribution in [0.4, 0.5) is 0 Å². The van der Waals surface area contributed by atoms with Crippen molar-refractivity contribution in [2.75, 3.05) is 0 Å². The van der Waals surface area contributed by atoms with Crippen molar-refractivity contribution in [2.45, 2.75) is 25.7 Å². The number of aromatic nitrogens is 1. The van der Waals surface area contributed by atoms with Gasteiger partial charge in [-0.3, -0.25) is 14.4 Å². The summed E-state index contributed by atoms with van der Waals surface area (Å²) >= 11 is 0. The molecule has 0 aliphatic rings. The molecule has 0 bridgehead atoms. The maximum Gasteiger partial charge on any atom is 0.307 e. The molecule has 0 aliphatic heterocycles. The first-order valence-corrected chi connectivity index (χ1v) is 9.67. The summed E-state index contributed by atoms with van der Waals surface area (Å²) in [6, 6.07) is 18.3. The molecule has 1 aromatic heterocycles. The van der Waals surface area contributed by atoms with E-state index in [1.807, 2.05) is 43.3 Å². The number of carbonyl (C=O) groups is 2. The minimum absolute atomic E-state index is 0. The molecule has 7 nitrogen and oxygen atoms in total. The van der Waals surface area contributed by atoms with Gasteiger partial charge < -0.3 is 14.9 Å². The number of halogens is 1. The second kappa shape index (κ2) is 12.6. The highest BCUT2D eigenvalue weighted by Crippen LogP contribution is 2.31.